The van der Waals surface area contributed by atoms with Gasteiger partial charge in [-0.2, -0.15) is 0 Å². The largest absolute Gasteiger partial charge is 0.0697 e. The molecule has 0 bridgehead atoms. The van der Waals surface area contributed by atoms with Gasteiger partial charge in [0.25, 0.3) is 0 Å². The molecule has 1 heteroatoms. The van der Waals surface area contributed by atoms with Crippen molar-refractivity contribution in [3.63, 3.8) is 0 Å². The Labute approximate surface area is 89.4 Å². The zero-order valence-corrected chi connectivity index (χ0v) is 10.9. The molecule has 1 aromatic rings. The van der Waals surface area contributed by atoms with E-state index in [1.54, 1.807) is 11.1 Å². The summed E-state index contributed by atoms with van der Waals surface area (Å²) in [5, 5.41) is 0. The van der Waals surface area contributed by atoms with Crippen LogP contribution in [0.1, 0.15) is 17.5 Å². The molecule has 1 aliphatic rings. The van der Waals surface area contributed by atoms with Gasteiger partial charge in [-0.25, -0.2) is 0 Å². The molecule has 0 nitrogen and oxygen atoms in total. The summed E-state index contributed by atoms with van der Waals surface area (Å²) in [4.78, 5) is 0. The zero-order valence-electron chi connectivity index (χ0n) is 9.93. The van der Waals surface area contributed by atoms with Crippen molar-refractivity contribution >= 4 is 8.07 Å². The number of hydrogen-bond acceptors (Lipinski definition) is 0. The van der Waals surface area contributed by atoms with E-state index < -0.39 is 8.07 Å². The van der Waals surface area contributed by atoms with Crippen molar-refractivity contribution in [1.29, 1.82) is 0 Å². The van der Waals surface area contributed by atoms with Crippen molar-refractivity contribution in [3.05, 3.63) is 35.4 Å². The molecule has 2 rings (SSSR count). The summed E-state index contributed by atoms with van der Waals surface area (Å²) < 4.78 is 0. The fourth-order valence-electron chi connectivity index (χ4n) is 1.51. The maximum absolute atomic E-state index is 2.33. The maximum Gasteiger partial charge on any atom is 0.0411 e. The van der Waals surface area contributed by atoms with E-state index in [0.717, 1.165) is 0 Å². The third-order valence-corrected chi connectivity index (χ3v) is 2.01. The van der Waals surface area contributed by atoms with Gasteiger partial charge in [0.1, 0.15) is 0 Å². The van der Waals surface area contributed by atoms with Gasteiger partial charge in [-0.1, -0.05) is 50.5 Å². The van der Waals surface area contributed by atoms with E-state index in [9.17, 15) is 0 Å². The molecule has 1 aliphatic carbocycles. The minimum absolute atomic E-state index is 0.611. The first-order valence-corrected chi connectivity index (χ1v) is 9.53. The first kappa shape index (κ1) is 11.5. The molecule has 0 aromatic heterocycles. The lowest BCUT2D eigenvalue weighted by Crippen LogP contribution is -2.10. The number of aryl methyl sites for hydroxylation is 2. The van der Waals surface area contributed by atoms with Crippen molar-refractivity contribution in [2.24, 2.45) is 0 Å². The molecule has 0 spiro atoms. The van der Waals surface area contributed by atoms with E-state index in [0.29, 0.717) is 0 Å². The molecule has 0 saturated heterocycles. The Morgan fingerprint density at radius 1 is 0.857 bits per heavy atom. The Kier molecular flexibility index (Phi) is 3.94. The lowest BCUT2D eigenvalue weighted by atomic mass is 10.1. The van der Waals surface area contributed by atoms with Crippen LogP contribution in [0.4, 0.5) is 0 Å². The lowest BCUT2D eigenvalue weighted by Gasteiger charge is -2.01. The minimum Gasteiger partial charge on any atom is -0.0697 e. The molecule has 0 fully saturated rings. The predicted octanol–water partition coefficient (Wildman–Crippen LogP) is 4.13. The average molecular weight is 206 g/mol. The van der Waals surface area contributed by atoms with Crippen molar-refractivity contribution < 1.29 is 0 Å². The summed E-state index contributed by atoms with van der Waals surface area (Å²) in [6.45, 7) is 9.31. The smallest absolute Gasteiger partial charge is 0.0411 e. The second-order valence-electron chi connectivity index (χ2n) is 5.62. The molecule has 0 atom stereocenters. The van der Waals surface area contributed by atoms with Crippen molar-refractivity contribution in [2.45, 2.75) is 45.5 Å². The first-order chi connectivity index (χ1) is 6.47. The number of hydrogen-bond donors (Lipinski definition) is 0. The van der Waals surface area contributed by atoms with Crippen LogP contribution in [-0.4, -0.2) is 8.07 Å². The van der Waals surface area contributed by atoms with Crippen LogP contribution in [0.5, 0.6) is 0 Å². The van der Waals surface area contributed by atoms with Crippen LogP contribution in [0.25, 0.3) is 0 Å². The molecular formula is C13H22Si. The molecule has 1 aromatic carbocycles. The zero-order chi connectivity index (χ0) is 10.6. The average Bonchev–Trinajstić information content (AvgIpc) is 2.47. The van der Waals surface area contributed by atoms with Gasteiger partial charge in [0.2, 0.25) is 0 Å². The number of rotatable bonds is 0. The van der Waals surface area contributed by atoms with Crippen molar-refractivity contribution in [2.75, 3.05) is 0 Å². The van der Waals surface area contributed by atoms with Gasteiger partial charge in [-0.15, -0.1) is 0 Å². The molecular weight excluding hydrogens is 184 g/mol. The third kappa shape index (κ3) is 4.61. The highest BCUT2D eigenvalue weighted by Gasteiger charge is 2.07. The lowest BCUT2D eigenvalue weighted by molar-refractivity contribution is 0.912. The Morgan fingerprint density at radius 3 is 1.57 bits per heavy atom. The molecule has 78 valence electrons. The van der Waals surface area contributed by atoms with Gasteiger partial charge in [0.15, 0.2) is 0 Å². The fourth-order valence-corrected chi connectivity index (χ4v) is 1.51. The molecule has 14 heavy (non-hydrogen) atoms. The summed E-state index contributed by atoms with van der Waals surface area (Å²) in [6, 6.07) is 8.74. The standard InChI is InChI=1S/C9H10.C4H12Si/c1-2-5-9-7-3-6-8(9)4-1;1-5(2,3)4/h1-2,4-5H,3,6-7H2;1-4H3. The maximum atomic E-state index is 2.33. The van der Waals surface area contributed by atoms with Crippen LogP contribution < -0.4 is 0 Å². The molecule has 0 amide bonds. The molecule has 0 radical (unpaired) electrons. The fraction of sp³-hybridized carbons (Fsp3) is 0.538. The van der Waals surface area contributed by atoms with E-state index in [1.807, 2.05) is 0 Å². The monoisotopic (exact) mass is 206 g/mol. The molecule has 0 saturated carbocycles. The Morgan fingerprint density at radius 2 is 1.21 bits per heavy atom. The van der Waals surface area contributed by atoms with E-state index in [1.165, 1.54) is 19.3 Å². The van der Waals surface area contributed by atoms with Crippen LogP contribution in [0.2, 0.25) is 26.2 Å². The molecule has 0 aliphatic heterocycles. The van der Waals surface area contributed by atoms with E-state index in [2.05, 4.69) is 50.5 Å². The Balaban J connectivity index is 0.000000171. The van der Waals surface area contributed by atoms with Gasteiger partial charge in [-0.3, -0.25) is 0 Å². The van der Waals surface area contributed by atoms with Gasteiger partial charge in [0.05, 0.1) is 0 Å². The third-order valence-electron chi connectivity index (χ3n) is 2.01. The SMILES string of the molecule is C[Si](C)(C)C.c1ccc2c(c1)CCC2. The normalized spacial score (nSPS) is 14.3. The second kappa shape index (κ2) is 4.79. The van der Waals surface area contributed by atoms with E-state index >= 15 is 0 Å². The second-order valence-corrected chi connectivity index (χ2v) is 11.6. The van der Waals surface area contributed by atoms with E-state index in [-0.39, 0.29) is 0 Å². The highest BCUT2D eigenvalue weighted by Crippen LogP contribution is 2.20. The van der Waals surface area contributed by atoms with Crippen molar-refractivity contribution in [3.8, 4) is 0 Å². The van der Waals surface area contributed by atoms with Crippen LogP contribution in [-0.2, 0) is 12.8 Å². The van der Waals surface area contributed by atoms with Crippen LogP contribution in [0, 0.1) is 0 Å². The first-order valence-electron chi connectivity index (χ1n) is 5.53. The number of benzene rings is 1. The van der Waals surface area contributed by atoms with Crippen LogP contribution in [0.15, 0.2) is 24.3 Å². The van der Waals surface area contributed by atoms with Gasteiger partial charge in [0, 0.05) is 8.07 Å². The van der Waals surface area contributed by atoms with Crippen molar-refractivity contribution in [1.82, 2.24) is 0 Å². The Bertz CT molecular complexity index is 255. The van der Waals surface area contributed by atoms with Gasteiger partial charge >= 0.3 is 0 Å². The topological polar surface area (TPSA) is 0 Å². The summed E-state index contributed by atoms with van der Waals surface area (Å²) in [5.41, 5.74) is 3.13. The quantitative estimate of drug-likeness (QED) is 0.560. The van der Waals surface area contributed by atoms with Gasteiger partial charge in [-0.05, 0) is 30.4 Å². The summed E-state index contributed by atoms with van der Waals surface area (Å²) in [5.74, 6) is 0. The summed E-state index contributed by atoms with van der Waals surface area (Å²) >= 11 is 0. The highest BCUT2D eigenvalue weighted by atomic mass is 28.3. The molecule has 0 heterocycles. The van der Waals surface area contributed by atoms with Crippen LogP contribution in [0.3, 0.4) is 0 Å². The summed E-state index contributed by atoms with van der Waals surface area (Å²) in [6.07, 6.45) is 3.96. The van der Waals surface area contributed by atoms with Gasteiger partial charge < -0.3 is 0 Å². The highest BCUT2D eigenvalue weighted by molar-refractivity contribution is 6.74. The molecule has 0 N–H and O–H groups in total. The predicted molar refractivity (Wildman–Crippen MR) is 67.7 cm³/mol. The Hall–Kier alpha value is -0.563. The summed E-state index contributed by atoms with van der Waals surface area (Å²) in [7, 11) is -0.611. The van der Waals surface area contributed by atoms with E-state index in [4.69, 9.17) is 0 Å². The molecule has 0 unspecified atom stereocenters. The van der Waals surface area contributed by atoms with Crippen LogP contribution >= 0.6 is 0 Å². The minimum atomic E-state index is -0.611. The number of fused-ring (bicyclic) bond motifs is 1.